The quantitative estimate of drug-likeness (QED) is 0.696. The van der Waals surface area contributed by atoms with Gasteiger partial charge < -0.3 is 16.4 Å². The molecule has 4 nitrogen and oxygen atoms in total. The molecule has 0 saturated carbocycles. The number of hydrogen-bond donors (Lipinski definition) is 3. The Kier molecular flexibility index (Phi) is 3.40. The van der Waals surface area contributed by atoms with Gasteiger partial charge in [-0.05, 0) is 31.5 Å². The number of nitrogens with zero attached hydrogens (tertiary/aromatic N) is 1. The molecule has 1 aliphatic heterocycles. The fourth-order valence-electron chi connectivity index (χ4n) is 1.85. The molecule has 4 N–H and O–H groups in total. The van der Waals surface area contributed by atoms with Crippen LogP contribution in [-0.2, 0) is 0 Å². The van der Waals surface area contributed by atoms with Crippen LogP contribution in [0.15, 0.2) is 18.3 Å². The number of hydrogen-bond acceptors (Lipinski definition) is 4. The minimum atomic E-state index is 0.566. The highest BCUT2D eigenvalue weighted by molar-refractivity contribution is 5.45. The zero-order chi connectivity index (χ0) is 10.5. The molecule has 0 bridgehead atoms. The van der Waals surface area contributed by atoms with E-state index in [0.29, 0.717) is 11.9 Å². The van der Waals surface area contributed by atoms with Gasteiger partial charge in [0, 0.05) is 12.6 Å². The second-order valence-electron chi connectivity index (χ2n) is 4.00. The maximum absolute atomic E-state index is 5.51. The highest BCUT2D eigenvalue weighted by Crippen LogP contribution is 2.10. The van der Waals surface area contributed by atoms with Crippen LogP contribution >= 0.6 is 0 Å². The third-order valence-corrected chi connectivity index (χ3v) is 2.75. The molecule has 1 fully saturated rings. The maximum Gasteiger partial charge on any atom is 0.123 e. The van der Waals surface area contributed by atoms with E-state index >= 15 is 0 Å². The zero-order valence-corrected chi connectivity index (χ0v) is 8.87. The van der Waals surface area contributed by atoms with Gasteiger partial charge in [-0.3, -0.25) is 0 Å². The molecule has 1 aliphatic rings. The monoisotopic (exact) mass is 206 g/mol. The first kappa shape index (κ1) is 10.2. The Balaban J connectivity index is 1.79. The summed E-state index contributed by atoms with van der Waals surface area (Å²) in [5, 5.41) is 6.85. The molecule has 1 unspecified atom stereocenters. The Morgan fingerprint density at radius 3 is 3.07 bits per heavy atom. The van der Waals surface area contributed by atoms with Crippen molar-refractivity contribution in [1.82, 2.24) is 10.3 Å². The van der Waals surface area contributed by atoms with E-state index in [0.717, 1.165) is 18.8 Å². The lowest BCUT2D eigenvalue weighted by molar-refractivity contribution is 0.414. The van der Waals surface area contributed by atoms with Gasteiger partial charge in [0.1, 0.15) is 5.82 Å². The van der Waals surface area contributed by atoms with E-state index < -0.39 is 0 Å². The van der Waals surface area contributed by atoms with Gasteiger partial charge in [0.15, 0.2) is 0 Å². The average molecular weight is 206 g/mol. The van der Waals surface area contributed by atoms with Gasteiger partial charge in [-0.1, -0.05) is 6.42 Å². The lowest BCUT2D eigenvalue weighted by Crippen LogP contribution is -2.39. The average Bonchev–Trinajstić information content (AvgIpc) is 2.30. The molecular formula is C11H18N4. The van der Waals surface area contributed by atoms with Crippen LogP contribution in [0.4, 0.5) is 11.5 Å². The fraction of sp³-hybridized carbons (Fsp3) is 0.545. The highest BCUT2D eigenvalue weighted by atomic mass is 15.0. The molecule has 0 radical (unpaired) electrons. The molecule has 15 heavy (non-hydrogen) atoms. The van der Waals surface area contributed by atoms with Crippen molar-refractivity contribution < 1.29 is 0 Å². The fourth-order valence-corrected chi connectivity index (χ4v) is 1.85. The van der Waals surface area contributed by atoms with Crippen molar-refractivity contribution >= 4 is 11.5 Å². The number of pyridine rings is 1. The Bertz CT molecular complexity index is 290. The predicted octanol–water partition coefficient (Wildman–Crippen LogP) is 1.22. The summed E-state index contributed by atoms with van der Waals surface area (Å²) in [6.07, 6.45) is 5.67. The number of rotatable bonds is 3. The number of anilines is 2. The van der Waals surface area contributed by atoms with Crippen molar-refractivity contribution in [3.8, 4) is 0 Å². The molecule has 2 heterocycles. The van der Waals surface area contributed by atoms with E-state index in [-0.39, 0.29) is 0 Å². The summed E-state index contributed by atoms with van der Waals surface area (Å²) in [6, 6.07) is 4.37. The first-order valence-electron chi connectivity index (χ1n) is 5.53. The third-order valence-electron chi connectivity index (χ3n) is 2.75. The number of aromatic nitrogens is 1. The van der Waals surface area contributed by atoms with E-state index in [4.69, 9.17) is 5.73 Å². The minimum Gasteiger partial charge on any atom is -0.384 e. The number of piperidine rings is 1. The number of nitrogens with one attached hydrogen (secondary N) is 2. The van der Waals surface area contributed by atoms with Crippen LogP contribution in [-0.4, -0.2) is 24.1 Å². The summed E-state index contributed by atoms with van der Waals surface area (Å²) in [7, 11) is 0. The van der Waals surface area contributed by atoms with Crippen LogP contribution in [0.5, 0.6) is 0 Å². The molecule has 2 rings (SSSR count). The van der Waals surface area contributed by atoms with Crippen molar-refractivity contribution in [3.63, 3.8) is 0 Å². The summed E-state index contributed by atoms with van der Waals surface area (Å²) in [5.41, 5.74) is 6.55. The standard InChI is InChI=1S/C11H18N4/c12-11-5-4-10(8-15-11)14-7-9-3-1-2-6-13-9/h4-5,8-9,13-14H,1-3,6-7H2,(H2,12,15). The number of nitrogen functional groups attached to an aromatic ring is 1. The lowest BCUT2D eigenvalue weighted by Gasteiger charge is -2.23. The van der Waals surface area contributed by atoms with E-state index in [1.807, 2.05) is 12.1 Å². The van der Waals surface area contributed by atoms with Crippen molar-refractivity contribution in [3.05, 3.63) is 18.3 Å². The number of nitrogens with two attached hydrogens (primary N) is 1. The van der Waals surface area contributed by atoms with Gasteiger partial charge >= 0.3 is 0 Å². The van der Waals surface area contributed by atoms with Crippen LogP contribution in [0, 0.1) is 0 Å². The molecule has 1 aromatic heterocycles. The van der Waals surface area contributed by atoms with Crippen LogP contribution in [0.3, 0.4) is 0 Å². The van der Waals surface area contributed by atoms with Gasteiger partial charge in [-0.15, -0.1) is 0 Å². The second kappa shape index (κ2) is 4.98. The van der Waals surface area contributed by atoms with Gasteiger partial charge in [-0.2, -0.15) is 0 Å². The van der Waals surface area contributed by atoms with Gasteiger partial charge in [0.05, 0.1) is 11.9 Å². The summed E-state index contributed by atoms with van der Waals surface area (Å²) >= 11 is 0. The highest BCUT2D eigenvalue weighted by Gasteiger charge is 2.11. The Morgan fingerprint density at radius 1 is 1.47 bits per heavy atom. The van der Waals surface area contributed by atoms with Crippen LogP contribution in [0.25, 0.3) is 0 Å². The van der Waals surface area contributed by atoms with Crippen molar-refractivity contribution in [1.29, 1.82) is 0 Å². The van der Waals surface area contributed by atoms with Crippen molar-refractivity contribution in [2.45, 2.75) is 25.3 Å². The molecule has 0 amide bonds. The Morgan fingerprint density at radius 2 is 2.40 bits per heavy atom. The molecule has 0 spiro atoms. The molecular weight excluding hydrogens is 188 g/mol. The smallest absolute Gasteiger partial charge is 0.123 e. The lowest BCUT2D eigenvalue weighted by atomic mass is 10.1. The van der Waals surface area contributed by atoms with E-state index in [9.17, 15) is 0 Å². The van der Waals surface area contributed by atoms with E-state index in [1.54, 1.807) is 6.20 Å². The zero-order valence-electron chi connectivity index (χ0n) is 8.87. The predicted molar refractivity (Wildman–Crippen MR) is 62.8 cm³/mol. The molecule has 4 heteroatoms. The SMILES string of the molecule is Nc1ccc(NCC2CCCCN2)cn1. The van der Waals surface area contributed by atoms with E-state index in [2.05, 4.69) is 15.6 Å². The summed E-state index contributed by atoms with van der Waals surface area (Å²) < 4.78 is 0. The molecule has 82 valence electrons. The summed E-state index contributed by atoms with van der Waals surface area (Å²) in [5.74, 6) is 0.566. The van der Waals surface area contributed by atoms with Gasteiger partial charge in [0.25, 0.3) is 0 Å². The molecule has 1 aromatic rings. The van der Waals surface area contributed by atoms with Crippen molar-refractivity contribution in [2.24, 2.45) is 0 Å². The topological polar surface area (TPSA) is 63.0 Å². The van der Waals surface area contributed by atoms with Crippen LogP contribution < -0.4 is 16.4 Å². The Hall–Kier alpha value is -1.29. The largest absolute Gasteiger partial charge is 0.384 e. The molecule has 0 aromatic carbocycles. The van der Waals surface area contributed by atoms with Gasteiger partial charge in [-0.25, -0.2) is 4.98 Å². The first-order valence-corrected chi connectivity index (χ1v) is 5.53. The Labute approximate surface area is 90.3 Å². The summed E-state index contributed by atoms with van der Waals surface area (Å²) in [6.45, 7) is 2.11. The van der Waals surface area contributed by atoms with Crippen molar-refractivity contribution in [2.75, 3.05) is 24.1 Å². The molecule has 0 aliphatic carbocycles. The molecule has 1 atom stereocenters. The first-order chi connectivity index (χ1) is 7.34. The second-order valence-corrected chi connectivity index (χ2v) is 4.00. The molecule has 1 saturated heterocycles. The minimum absolute atomic E-state index is 0.566. The third kappa shape index (κ3) is 3.09. The van der Waals surface area contributed by atoms with E-state index in [1.165, 1.54) is 19.3 Å². The normalized spacial score (nSPS) is 21.2. The summed E-state index contributed by atoms with van der Waals surface area (Å²) in [4.78, 5) is 4.04. The van der Waals surface area contributed by atoms with Crippen LogP contribution in [0.2, 0.25) is 0 Å². The van der Waals surface area contributed by atoms with Gasteiger partial charge in [0.2, 0.25) is 0 Å². The van der Waals surface area contributed by atoms with Crippen LogP contribution in [0.1, 0.15) is 19.3 Å². The maximum atomic E-state index is 5.51.